The van der Waals surface area contributed by atoms with Crippen LogP contribution in [0.2, 0.25) is 0 Å². The summed E-state index contributed by atoms with van der Waals surface area (Å²) in [5.41, 5.74) is 2.54. The lowest BCUT2D eigenvalue weighted by Gasteiger charge is -2.38. The van der Waals surface area contributed by atoms with Crippen LogP contribution in [0.4, 0.5) is 8.78 Å². The highest BCUT2D eigenvalue weighted by Gasteiger charge is 2.33. The molecule has 0 amide bonds. The van der Waals surface area contributed by atoms with Crippen LogP contribution in [0.1, 0.15) is 30.0 Å². The molecule has 0 saturated heterocycles. The summed E-state index contributed by atoms with van der Waals surface area (Å²) in [7, 11) is 3.65. The molecule has 2 atom stereocenters. The third-order valence-electron chi connectivity index (χ3n) is 5.99. The summed E-state index contributed by atoms with van der Waals surface area (Å²) in [5.74, 6) is -0.896. The van der Waals surface area contributed by atoms with Crippen molar-refractivity contribution in [3.8, 4) is 0 Å². The van der Waals surface area contributed by atoms with Crippen molar-refractivity contribution in [2.75, 3.05) is 13.6 Å². The quantitative estimate of drug-likeness (QED) is 0.732. The molecule has 2 aromatic rings. The molecule has 1 aromatic heterocycles. The molecule has 25 heavy (non-hydrogen) atoms. The number of pyridine rings is 1. The second-order valence-corrected chi connectivity index (χ2v) is 7.45. The van der Waals surface area contributed by atoms with E-state index in [0.29, 0.717) is 23.3 Å². The smallest absolute Gasteiger partial charge is 0.254 e. The Hall–Kier alpha value is -2.01. The minimum absolute atomic E-state index is 0.0412. The van der Waals surface area contributed by atoms with Gasteiger partial charge in [-0.15, -0.1) is 0 Å². The fraction of sp³-hybridized carbons (Fsp3) is 0.450. The minimum atomic E-state index is -0.638. The van der Waals surface area contributed by atoms with Crippen LogP contribution in [0.5, 0.6) is 0 Å². The Morgan fingerprint density at radius 2 is 1.96 bits per heavy atom. The molecule has 5 heteroatoms. The van der Waals surface area contributed by atoms with Crippen molar-refractivity contribution >= 4 is 16.5 Å². The zero-order valence-corrected chi connectivity index (χ0v) is 15.0. The molecular formula is C20H22F2N2O. The molecule has 0 fully saturated rings. The molecule has 0 bridgehead atoms. The molecule has 0 saturated carbocycles. The standard InChI is InChI=1S/C20H22F2N2O/c1-10-7-14-12(9-23(10)3)5-6-13-17(14)15-8-16(21)11(2)18(22)19(15)24(4)20(13)25/h7-8,10,12H,5-6,9H2,1-4H3. The Morgan fingerprint density at radius 3 is 2.68 bits per heavy atom. The first-order valence-corrected chi connectivity index (χ1v) is 8.73. The van der Waals surface area contributed by atoms with Crippen molar-refractivity contribution in [2.45, 2.75) is 32.7 Å². The summed E-state index contributed by atoms with van der Waals surface area (Å²) in [6.07, 6.45) is 3.70. The second-order valence-electron chi connectivity index (χ2n) is 7.45. The first kappa shape index (κ1) is 16.5. The van der Waals surface area contributed by atoms with E-state index in [9.17, 15) is 13.6 Å². The van der Waals surface area contributed by atoms with Crippen LogP contribution in [-0.2, 0) is 13.5 Å². The van der Waals surface area contributed by atoms with E-state index in [1.54, 1.807) is 7.05 Å². The number of nitrogens with zero attached hydrogens (tertiary/aromatic N) is 2. The van der Waals surface area contributed by atoms with Gasteiger partial charge in [-0.1, -0.05) is 6.08 Å². The molecule has 1 aromatic carbocycles. The Morgan fingerprint density at radius 1 is 1.24 bits per heavy atom. The topological polar surface area (TPSA) is 25.2 Å². The molecule has 2 heterocycles. The SMILES string of the molecule is Cc1c(F)cc2c3c(c(=O)n(C)c2c1F)CCC1CN(C)C(C)C=C31. The number of rotatable bonds is 0. The lowest BCUT2D eigenvalue weighted by Crippen LogP contribution is -2.40. The number of likely N-dealkylation sites (N-methyl/N-ethyl adjacent to an activating group) is 1. The summed E-state index contributed by atoms with van der Waals surface area (Å²) in [6.45, 7) is 4.42. The predicted octanol–water partition coefficient (Wildman–Crippen LogP) is 3.40. The van der Waals surface area contributed by atoms with Gasteiger partial charge in [-0.3, -0.25) is 9.69 Å². The van der Waals surface area contributed by atoms with Gasteiger partial charge in [0.1, 0.15) is 5.82 Å². The van der Waals surface area contributed by atoms with Gasteiger partial charge in [-0.05, 0) is 56.9 Å². The van der Waals surface area contributed by atoms with Gasteiger partial charge in [-0.2, -0.15) is 0 Å². The normalized spacial score (nSPS) is 23.4. The lowest BCUT2D eigenvalue weighted by atomic mass is 9.75. The molecule has 1 aliphatic heterocycles. The van der Waals surface area contributed by atoms with Crippen LogP contribution < -0.4 is 5.56 Å². The van der Waals surface area contributed by atoms with E-state index in [0.717, 1.165) is 24.1 Å². The Bertz CT molecular complexity index is 990. The minimum Gasteiger partial charge on any atom is -0.308 e. The monoisotopic (exact) mass is 344 g/mol. The van der Waals surface area contributed by atoms with Gasteiger partial charge in [0.05, 0.1) is 5.52 Å². The van der Waals surface area contributed by atoms with E-state index in [4.69, 9.17) is 0 Å². The fourth-order valence-electron chi connectivity index (χ4n) is 4.35. The van der Waals surface area contributed by atoms with Crippen LogP contribution in [0.25, 0.3) is 16.5 Å². The molecule has 4 rings (SSSR count). The largest absolute Gasteiger partial charge is 0.308 e. The average Bonchev–Trinajstić information content (AvgIpc) is 2.57. The Balaban J connectivity index is 2.15. The van der Waals surface area contributed by atoms with Gasteiger partial charge in [-0.25, -0.2) is 8.78 Å². The van der Waals surface area contributed by atoms with E-state index in [2.05, 4.69) is 24.9 Å². The van der Waals surface area contributed by atoms with Crippen molar-refractivity contribution in [1.82, 2.24) is 9.47 Å². The molecule has 0 radical (unpaired) electrons. The summed E-state index contributed by atoms with van der Waals surface area (Å²) >= 11 is 0. The molecule has 2 unspecified atom stereocenters. The zero-order valence-electron chi connectivity index (χ0n) is 15.0. The number of aromatic nitrogens is 1. The van der Waals surface area contributed by atoms with Crippen LogP contribution >= 0.6 is 0 Å². The first-order chi connectivity index (χ1) is 11.8. The van der Waals surface area contributed by atoms with Gasteiger partial charge >= 0.3 is 0 Å². The number of hydrogen-bond acceptors (Lipinski definition) is 2. The summed E-state index contributed by atoms with van der Waals surface area (Å²) in [4.78, 5) is 15.1. The third-order valence-corrected chi connectivity index (χ3v) is 5.99. The molecule has 0 N–H and O–H groups in total. The number of hydrogen-bond donors (Lipinski definition) is 0. The van der Waals surface area contributed by atoms with Crippen LogP contribution in [-0.4, -0.2) is 29.1 Å². The first-order valence-electron chi connectivity index (χ1n) is 8.73. The van der Waals surface area contributed by atoms with Crippen molar-refractivity contribution < 1.29 is 8.78 Å². The maximum absolute atomic E-state index is 14.8. The molecule has 0 spiro atoms. The van der Waals surface area contributed by atoms with E-state index in [1.807, 2.05) is 0 Å². The molecule has 1 aliphatic carbocycles. The maximum Gasteiger partial charge on any atom is 0.254 e. The fourth-order valence-corrected chi connectivity index (χ4v) is 4.35. The van der Waals surface area contributed by atoms with Gasteiger partial charge in [0.15, 0.2) is 5.82 Å². The van der Waals surface area contributed by atoms with Crippen molar-refractivity contribution in [3.63, 3.8) is 0 Å². The van der Waals surface area contributed by atoms with E-state index < -0.39 is 11.6 Å². The zero-order chi connectivity index (χ0) is 18.0. The second kappa shape index (κ2) is 5.49. The summed E-state index contributed by atoms with van der Waals surface area (Å²) in [5, 5.41) is 0.519. The Kier molecular flexibility index (Phi) is 3.62. The molecule has 3 nitrogen and oxygen atoms in total. The van der Waals surface area contributed by atoms with Gasteiger partial charge in [0, 0.05) is 36.1 Å². The van der Waals surface area contributed by atoms with Gasteiger partial charge < -0.3 is 4.57 Å². The number of fused-ring (bicyclic) bond motifs is 5. The Labute approximate surface area is 145 Å². The van der Waals surface area contributed by atoms with Crippen LogP contribution in [0, 0.1) is 24.5 Å². The maximum atomic E-state index is 14.8. The number of halogens is 2. The van der Waals surface area contributed by atoms with Crippen molar-refractivity contribution in [3.05, 3.63) is 50.8 Å². The summed E-state index contributed by atoms with van der Waals surface area (Å²) < 4.78 is 30.5. The number of benzene rings is 1. The van der Waals surface area contributed by atoms with Gasteiger partial charge in [0.25, 0.3) is 5.56 Å². The van der Waals surface area contributed by atoms with Crippen LogP contribution in [0.15, 0.2) is 16.9 Å². The number of aryl methyl sites for hydroxylation is 1. The van der Waals surface area contributed by atoms with E-state index in [-0.39, 0.29) is 22.7 Å². The van der Waals surface area contributed by atoms with Crippen molar-refractivity contribution in [2.24, 2.45) is 13.0 Å². The van der Waals surface area contributed by atoms with E-state index >= 15 is 0 Å². The van der Waals surface area contributed by atoms with E-state index in [1.165, 1.54) is 17.6 Å². The highest BCUT2D eigenvalue weighted by atomic mass is 19.1. The average molecular weight is 344 g/mol. The highest BCUT2D eigenvalue weighted by molar-refractivity contribution is 5.95. The third kappa shape index (κ3) is 2.21. The van der Waals surface area contributed by atoms with Crippen molar-refractivity contribution in [1.29, 1.82) is 0 Å². The molecule has 132 valence electrons. The van der Waals surface area contributed by atoms with Gasteiger partial charge in [0.2, 0.25) is 0 Å². The molecule has 2 aliphatic rings. The predicted molar refractivity (Wildman–Crippen MR) is 95.7 cm³/mol. The van der Waals surface area contributed by atoms with Crippen LogP contribution in [0.3, 0.4) is 0 Å². The molecular weight excluding hydrogens is 322 g/mol. The lowest BCUT2D eigenvalue weighted by molar-refractivity contribution is 0.250. The summed E-state index contributed by atoms with van der Waals surface area (Å²) in [6, 6.07) is 1.63. The highest BCUT2D eigenvalue weighted by Crippen LogP contribution is 2.42.